The highest BCUT2D eigenvalue weighted by Gasteiger charge is 2.25. The summed E-state index contributed by atoms with van der Waals surface area (Å²) in [6, 6.07) is 13.8. The van der Waals surface area contributed by atoms with Gasteiger partial charge in [-0.2, -0.15) is 4.98 Å². The van der Waals surface area contributed by atoms with E-state index in [-0.39, 0.29) is 5.56 Å². The highest BCUT2D eigenvalue weighted by Crippen LogP contribution is 2.29. The normalized spacial score (nSPS) is 17.0. The van der Waals surface area contributed by atoms with Gasteiger partial charge in [-0.25, -0.2) is 19.3 Å². The van der Waals surface area contributed by atoms with Crippen molar-refractivity contribution in [3.63, 3.8) is 0 Å². The van der Waals surface area contributed by atoms with E-state index in [4.69, 9.17) is 9.97 Å². The van der Waals surface area contributed by atoms with E-state index in [1.165, 1.54) is 12.1 Å². The van der Waals surface area contributed by atoms with Crippen molar-refractivity contribution in [1.29, 1.82) is 0 Å². The van der Waals surface area contributed by atoms with Gasteiger partial charge < -0.3 is 20.2 Å². The highest BCUT2D eigenvalue weighted by atomic mass is 16.3. The predicted molar refractivity (Wildman–Crippen MR) is 153 cm³/mol. The molecule has 6 rings (SSSR count). The minimum absolute atomic E-state index is 0.129. The fraction of sp³-hybridized carbons (Fsp3) is 0.448. The van der Waals surface area contributed by atoms with Gasteiger partial charge in [0.25, 0.3) is 5.56 Å². The molecule has 1 saturated carbocycles. The van der Waals surface area contributed by atoms with Crippen molar-refractivity contribution < 1.29 is 5.11 Å². The predicted octanol–water partition coefficient (Wildman–Crippen LogP) is 3.50. The second-order valence-electron chi connectivity index (χ2n) is 11.3. The fourth-order valence-electron chi connectivity index (χ4n) is 5.24. The lowest BCUT2D eigenvalue weighted by Gasteiger charge is -2.34. The molecule has 2 fully saturated rings. The summed E-state index contributed by atoms with van der Waals surface area (Å²) in [5.41, 5.74) is 1.84. The van der Waals surface area contributed by atoms with Gasteiger partial charge in [0.15, 0.2) is 11.5 Å². The van der Waals surface area contributed by atoms with Crippen molar-refractivity contribution in [3.05, 3.63) is 64.7 Å². The van der Waals surface area contributed by atoms with Gasteiger partial charge in [-0.3, -0.25) is 4.79 Å². The summed E-state index contributed by atoms with van der Waals surface area (Å²) in [5.74, 6) is 1.40. The number of anilines is 3. The van der Waals surface area contributed by atoms with Gasteiger partial charge in [0, 0.05) is 50.3 Å². The Morgan fingerprint density at radius 3 is 2.44 bits per heavy atom. The molecule has 4 heterocycles. The zero-order valence-corrected chi connectivity index (χ0v) is 22.8. The molecule has 204 valence electrons. The van der Waals surface area contributed by atoms with Gasteiger partial charge in [0.2, 0.25) is 5.95 Å². The molecule has 0 amide bonds. The van der Waals surface area contributed by atoms with E-state index in [1.54, 1.807) is 35.5 Å². The summed E-state index contributed by atoms with van der Waals surface area (Å²) in [6.07, 6.45) is 4.99. The third kappa shape index (κ3) is 5.14. The Labute approximate surface area is 227 Å². The Morgan fingerprint density at radius 2 is 1.77 bits per heavy atom. The fourth-order valence-corrected chi connectivity index (χ4v) is 5.24. The molecule has 1 aliphatic carbocycles. The van der Waals surface area contributed by atoms with Gasteiger partial charge in [0.05, 0.1) is 5.69 Å². The lowest BCUT2D eigenvalue weighted by molar-refractivity contribution is 0.0737. The van der Waals surface area contributed by atoms with Gasteiger partial charge in [0.1, 0.15) is 11.0 Å². The molecular weight excluding hydrogens is 492 g/mol. The molecule has 0 spiro atoms. The lowest BCUT2D eigenvalue weighted by Crippen LogP contribution is -2.44. The van der Waals surface area contributed by atoms with Crippen molar-refractivity contribution in [1.82, 2.24) is 29.2 Å². The minimum atomic E-state index is -1.12. The standard InChI is InChI=1S/C29H36N8O2/c1-29(2,39)24-8-5-9-25(32-24)37-26-23(27(38)36(37)19-20-6-4-7-20)18-30-28(33-26)31-21-10-12-22(13-11-21)35-16-14-34(3)15-17-35/h5,8-13,18,20,39H,4,6-7,14-17,19H2,1-3H3,(H,30,31,33). The van der Waals surface area contributed by atoms with E-state index in [0.717, 1.165) is 44.7 Å². The molecule has 10 nitrogen and oxygen atoms in total. The number of likely N-dealkylation sites (N-methyl/N-ethyl adjacent to an activating group) is 1. The molecule has 39 heavy (non-hydrogen) atoms. The number of hydrogen-bond acceptors (Lipinski definition) is 8. The number of nitrogens with zero attached hydrogens (tertiary/aromatic N) is 7. The number of nitrogens with one attached hydrogen (secondary N) is 1. The van der Waals surface area contributed by atoms with Gasteiger partial charge in [-0.1, -0.05) is 12.5 Å². The summed E-state index contributed by atoms with van der Waals surface area (Å²) >= 11 is 0. The number of piperazine rings is 1. The first-order chi connectivity index (χ1) is 18.8. The average Bonchev–Trinajstić information content (AvgIpc) is 3.17. The number of hydrogen-bond donors (Lipinski definition) is 2. The average molecular weight is 529 g/mol. The van der Waals surface area contributed by atoms with Crippen LogP contribution in [0.3, 0.4) is 0 Å². The lowest BCUT2D eigenvalue weighted by atomic mass is 9.85. The van der Waals surface area contributed by atoms with Crippen molar-refractivity contribution in [2.75, 3.05) is 43.4 Å². The van der Waals surface area contributed by atoms with Crippen LogP contribution in [0.1, 0.15) is 38.8 Å². The van der Waals surface area contributed by atoms with Crippen LogP contribution in [-0.4, -0.2) is 67.5 Å². The Morgan fingerprint density at radius 1 is 1.03 bits per heavy atom. The SMILES string of the molecule is CN1CCN(c2ccc(Nc3ncc4c(=O)n(CC5CCC5)n(-c5cccc(C(C)(C)O)n5)c4n3)cc2)CC1. The molecular formula is C29H36N8O2. The summed E-state index contributed by atoms with van der Waals surface area (Å²) in [4.78, 5) is 32.2. The van der Waals surface area contributed by atoms with Gasteiger partial charge in [-0.15, -0.1) is 0 Å². The smallest absolute Gasteiger partial charge is 0.278 e. The van der Waals surface area contributed by atoms with Crippen LogP contribution in [-0.2, 0) is 12.1 Å². The van der Waals surface area contributed by atoms with Crippen molar-refractivity contribution in [3.8, 4) is 5.82 Å². The van der Waals surface area contributed by atoms with Crippen molar-refractivity contribution in [2.45, 2.75) is 45.3 Å². The molecule has 1 saturated heterocycles. The molecule has 2 N–H and O–H groups in total. The van der Waals surface area contributed by atoms with E-state index in [0.29, 0.717) is 41.0 Å². The van der Waals surface area contributed by atoms with Gasteiger partial charge >= 0.3 is 0 Å². The summed E-state index contributed by atoms with van der Waals surface area (Å²) < 4.78 is 3.52. The number of benzene rings is 1. The molecule has 4 aromatic rings. The van der Waals surface area contributed by atoms with E-state index < -0.39 is 5.60 Å². The van der Waals surface area contributed by atoms with E-state index >= 15 is 0 Å². The van der Waals surface area contributed by atoms with Crippen molar-refractivity contribution in [2.24, 2.45) is 5.92 Å². The monoisotopic (exact) mass is 528 g/mol. The van der Waals surface area contributed by atoms with Crippen LogP contribution in [0.25, 0.3) is 16.9 Å². The zero-order chi connectivity index (χ0) is 27.1. The second kappa shape index (κ2) is 10.1. The molecule has 1 aromatic carbocycles. The Bertz CT molecular complexity index is 1520. The van der Waals surface area contributed by atoms with Crippen LogP contribution >= 0.6 is 0 Å². The molecule has 3 aromatic heterocycles. The zero-order valence-electron chi connectivity index (χ0n) is 22.8. The molecule has 1 aliphatic heterocycles. The number of aliphatic hydroxyl groups is 1. The first kappa shape index (κ1) is 25.5. The Kier molecular flexibility index (Phi) is 6.60. The third-order valence-electron chi connectivity index (χ3n) is 7.90. The maximum absolute atomic E-state index is 13.5. The van der Waals surface area contributed by atoms with E-state index in [1.807, 2.05) is 24.3 Å². The maximum atomic E-state index is 13.5. The van der Waals surface area contributed by atoms with Crippen LogP contribution < -0.4 is 15.8 Å². The maximum Gasteiger partial charge on any atom is 0.278 e. The number of fused-ring (bicyclic) bond motifs is 1. The van der Waals surface area contributed by atoms with Crippen LogP contribution in [0.2, 0.25) is 0 Å². The van der Waals surface area contributed by atoms with Crippen LogP contribution in [0.5, 0.6) is 0 Å². The van der Waals surface area contributed by atoms with E-state index in [9.17, 15) is 9.90 Å². The largest absolute Gasteiger partial charge is 0.384 e. The van der Waals surface area contributed by atoms with Crippen LogP contribution in [0, 0.1) is 5.92 Å². The van der Waals surface area contributed by atoms with E-state index in [2.05, 4.69) is 39.3 Å². The number of aromatic nitrogens is 5. The first-order valence-electron chi connectivity index (χ1n) is 13.8. The summed E-state index contributed by atoms with van der Waals surface area (Å²) in [6.45, 7) is 8.15. The van der Waals surface area contributed by atoms with Crippen LogP contribution in [0.15, 0.2) is 53.5 Å². The summed E-state index contributed by atoms with van der Waals surface area (Å²) in [7, 11) is 2.16. The second-order valence-corrected chi connectivity index (χ2v) is 11.3. The van der Waals surface area contributed by atoms with Crippen LogP contribution in [0.4, 0.5) is 17.3 Å². The van der Waals surface area contributed by atoms with Crippen molar-refractivity contribution >= 4 is 28.4 Å². The molecule has 10 heteroatoms. The first-order valence-corrected chi connectivity index (χ1v) is 13.8. The number of rotatable bonds is 7. The summed E-state index contributed by atoms with van der Waals surface area (Å²) in [5, 5.41) is 14.3. The topological polar surface area (TPSA) is 104 Å². The highest BCUT2D eigenvalue weighted by molar-refractivity contribution is 5.77. The molecule has 0 radical (unpaired) electrons. The Balaban J connectivity index is 1.35. The number of pyridine rings is 1. The van der Waals surface area contributed by atoms with Gasteiger partial charge in [-0.05, 0) is 76.1 Å². The molecule has 2 aliphatic rings. The molecule has 0 atom stereocenters. The molecule has 0 bridgehead atoms. The third-order valence-corrected chi connectivity index (χ3v) is 7.90. The Hall–Kier alpha value is -3.76. The minimum Gasteiger partial charge on any atom is -0.384 e. The molecule has 0 unspecified atom stereocenters. The quantitative estimate of drug-likeness (QED) is 0.376.